The van der Waals surface area contributed by atoms with E-state index in [0.717, 1.165) is 49.5 Å². The van der Waals surface area contributed by atoms with Crippen molar-refractivity contribution in [3.8, 4) is 5.75 Å². The first kappa shape index (κ1) is 22.7. The molecule has 2 heterocycles. The summed E-state index contributed by atoms with van der Waals surface area (Å²) in [6.45, 7) is 4.81. The van der Waals surface area contributed by atoms with Crippen LogP contribution in [0.15, 0.2) is 94.1 Å². The lowest BCUT2D eigenvalue weighted by atomic mass is 10.2. The Morgan fingerprint density at radius 2 is 1.63 bits per heavy atom. The van der Waals surface area contributed by atoms with E-state index in [1.54, 1.807) is 24.3 Å². The van der Waals surface area contributed by atoms with Crippen molar-refractivity contribution in [2.24, 2.45) is 0 Å². The number of hydrogen-bond donors (Lipinski definition) is 1. The van der Waals surface area contributed by atoms with Crippen molar-refractivity contribution in [3.63, 3.8) is 0 Å². The Morgan fingerprint density at radius 3 is 2.40 bits per heavy atom. The van der Waals surface area contributed by atoms with Gasteiger partial charge in [0.05, 0.1) is 0 Å². The van der Waals surface area contributed by atoms with Gasteiger partial charge in [-0.1, -0.05) is 30.3 Å². The SMILES string of the molecule is O=C(COc1ccc2ccc(=O)oc2c1)Nc1ccc(N2CCN(Cc3ccccc3)CC2)cc1. The summed E-state index contributed by atoms with van der Waals surface area (Å²) in [5, 5.41) is 3.65. The topological polar surface area (TPSA) is 75.0 Å². The van der Waals surface area contributed by atoms with Crippen molar-refractivity contribution < 1.29 is 13.9 Å². The molecule has 1 amide bonds. The lowest BCUT2D eigenvalue weighted by Gasteiger charge is -2.36. The van der Waals surface area contributed by atoms with Crippen LogP contribution in [-0.4, -0.2) is 43.6 Å². The number of carbonyl (C=O) groups excluding carboxylic acids is 1. The molecule has 1 aliphatic rings. The second-order valence-electron chi connectivity index (χ2n) is 8.59. The minimum Gasteiger partial charge on any atom is -0.484 e. The second kappa shape index (κ2) is 10.4. The Balaban J connectivity index is 1.10. The van der Waals surface area contributed by atoms with E-state index in [4.69, 9.17) is 9.15 Å². The van der Waals surface area contributed by atoms with Gasteiger partial charge in [0.1, 0.15) is 11.3 Å². The molecule has 5 rings (SSSR count). The lowest BCUT2D eigenvalue weighted by molar-refractivity contribution is -0.118. The molecule has 1 fully saturated rings. The van der Waals surface area contributed by atoms with Crippen LogP contribution in [0.25, 0.3) is 11.0 Å². The molecule has 1 aliphatic heterocycles. The largest absolute Gasteiger partial charge is 0.484 e. The van der Waals surface area contributed by atoms with Crippen LogP contribution in [0.3, 0.4) is 0 Å². The molecule has 0 spiro atoms. The fourth-order valence-electron chi connectivity index (χ4n) is 4.24. The van der Waals surface area contributed by atoms with E-state index >= 15 is 0 Å². The zero-order valence-electron chi connectivity index (χ0n) is 19.4. The summed E-state index contributed by atoms with van der Waals surface area (Å²) in [4.78, 5) is 28.6. The van der Waals surface area contributed by atoms with Crippen LogP contribution in [0.5, 0.6) is 5.75 Å². The number of anilines is 2. The monoisotopic (exact) mass is 469 g/mol. The fraction of sp³-hybridized carbons (Fsp3) is 0.214. The molecule has 0 saturated carbocycles. The summed E-state index contributed by atoms with van der Waals surface area (Å²) in [5.41, 5.74) is 3.21. The van der Waals surface area contributed by atoms with Gasteiger partial charge in [0.25, 0.3) is 5.91 Å². The molecular weight excluding hydrogens is 442 g/mol. The van der Waals surface area contributed by atoms with Gasteiger partial charge in [0.15, 0.2) is 6.61 Å². The molecule has 4 aromatic rings. The number of nitrogens with zero attached hydrogens (tertiary/aromatic N) is 2. The van der Waals surface area contributed by atoms with E-state index in [0.29, 0.717) is 11.3 Å². The number of hydrogen-bond acceptors (Lipinski definition) is 6. The maximum Gasteiger partial charge on any atom is 0.336 e. The van der Waals surface area contributed by atoms with Gasteiger partial charge in [-0.15, -0.1) is 0 Å². The summed E-state index contributed by atoms with van der Waals surface area (Å²) in [5.74, 6) is 0.200. The van der Waals surface area contributed by atoms with Crippen molar-refractivity contribution in [3.05, 3.63) is 101 Å². The third-order valence-electron chi connectivity index (χ3n) is 6.10. The van der Waals surface area contributed by atoms with Crippen LogP contribution in [0.2, 0.25) is 0 Å². The number of amides is 1. The van der Waals surface area contributed by atoms with E-state index < -0.39 is 5.63 Å². The standard InChI is InChI=1S/C28H27N3O4/c32-27(20-34-25-12-6-22-7-13-28(33)35-26(22)18-25)29-23-8-10-24(11-9-23)31-16-14-30(15-17-31)19-21-4-2-1-3-5-21/h1-13,18H,14-17,19-20H2,(H,29,32). The number of nitrogens with one attached hydrogen (secondary N) is 1. The van der Waals surface area contributed by atoms with Crippen LogP contribution in [0.1, 0.15) is 5.56 Å². The third-order valence-corrected chi connectivity index (χ3v) is 6.10. The second-order valence-corrected chi connectivity index (χ2v) is 8.59. The summed E-state index contributed by atoms with van der Waals surface area (Å²) in [7, 11) is 0. The first-order chi connectivity index (χ1) is 17.1. The van der Waals surface area contributed by atoms with Crippen LogP contribution >= 0.6 is 0 Å². The summed E-state index contributed by atoms with van der Waals surface area (Å²) < 4.78 is 10.7. The smallest absolute Gasteiger partial charge is 0.336 e. The molecular formula is C28H27N3O4. The molecule has 3 aromatic carbocycles. The Hall–Kier alpha value is -4.10. The Bertz CT molecular complexity index is 1340. The molecule has 0 bridgehead atoms. The van der Waals surface area contributed by atoms with Crippen molar-refractivity contribution >= 4 is 28.3 Å². The number of piperazine rings is 1. The fourth-order valence-corrected chi connectivity index (χ4v) is 4.24. The van der Waals surface area contributed by atoms with Crippen molar-refractivity contribution in [2.75, 3.05) is 43.0 Å². The third kappa shape index (κ3) is 5.88. The predicted molar refractivity (Wildman–Crippen MR) is 137 cm³/mol. The molecule has 1 saturated heterocycles. The quantitative estimate of drug-likeness (QED) is 0.410. The molecule has 1 N–H and O–H groups in total. The molecule has 0 atom stereocenters. The minimum atomic E-state index is -0.426. The average Bonchev–Trinajstić information content (AvgIpc) is 2.89. The van der Waals surface area contributed by atoms with Gasteiger partial charge < -0.3 is 19.4 Å². The molecule has 7 nitrogen and oxygen atoms in total. The highest BCUT2D eigenvalue weighted by Gasteiger charge is 2.17. The van der Waals surface area contributed by atoms with Crippen molar-refractivity contribution in [1.82, 2.24) is 4.90 Å². The number of fused-ring (bicyclic) bond motifs is 1. The van der Waals surface area contributed by atoms with Crippen LogP contribution < -0.4 is 20.6 Å². The summed E-state index contributed by atoms with van der Waals surface area (Å²) >= 11 is 0. The normalized spacial score (nSPS) is 14.1. The molecule has 178 valence electrons. The highest BCUT2D eigenvalue weighted by atomic mass is 16.5. The first-order valence-electron chi connectivity index (χ1n) is 11.7. The molecule has 0 radical (unpaired) electrons. The van der Waals surface area contributed by atoms with Gasteiger partial charge in [-0.2, -0.15) is 0 Å². The van der Waals surface area contributed by atoms with Gasteiger partial charge in [-0.05, 0) is 48.0 Å². The van der Waals surface area contributed by atoms with Crippen molar-refractivity contribution in [2.45, 2.75) is 6.54 Å². The Labute approximate surface area is 203 Å². The Kier molecular flexibility index (Phi) is 6.77. The lowest BCUT2D eigenvalue weighted by Crippen LogP contribution is -2.45. The Morgan fingerprint density at radius 1 is 0.886 bits per heavy atom. The van der Waals surface area contributed by atoms with Crippen LogP contribution in [-0.2, 0) is 11.3 Å². The van der Waals surface area contributed by atoms with Gasteiger partial charge in [-0.25, -0.2) is 4.79 Å². The number of ether oxygens (including phenoxy) is 1. The summed E-state index contributed by atoms with van der Waals surface area (Å²) in [6.07, 6.45) is 0. The van der Waals surface area contributed by atoms with Crippen LogP contribution in [0, 0.1) is 0 Å². The van der Waals surface area contributed by atoms with E-state index in [1.165, 1.54) is 11.6 Å². The maximum atomic E-state index is 12.4. The van der Waals surface area contributed by atoms with Crippen LogP contribution in [0.4, 0.5) is 11.4 Å². The van der Waals surface area contributed by atoms with E-state index in [1.807, 2.05) is 30.3 Å². The van der Waals surface area contributed by atoms with Gasteiger partial charge in [0.2, 0.25) is 0 Å². The first-order valence-corrected chi connectivity index (χ1v) is 11.7. The zero-order valence-corrected chi connectivity index (χ0v) is 19.4. The summed E-state index contributed by atoms with van der Waals surface area (Å²) in [6, 6.07) is 26.6. The van der Waals surface area contributed by atoms with E-state index in [-0.39, 0.29) is 12.5 Å². The highest BCUT2D eigenvalue weighted by Crippen LogP contribution is 2.21. The van der Waals surface area contributed by atoms with Crippen molar-refractivity contribution in [1.29, 1.82) is 0 Å². The van der Waals surface area contributed by atoms with Gasteiger partial charge >= 0.3 is 5.63 Å². The maximum absolute atomic E-state index is 12.4. The molecule has 0 aliphatic carbocycles. The molecule has 1 aromatic heterocycles. The average molecular weight is 470 g/mol. The number of carbonyl (C=O) groups is 1. The number of rotatable bonds is 7. The minimum absolute atomic E-state index is 0.145. The molecule has 35 heavy (non-hydrogen) atoms. The number of benzene rings is 3. The van der Waals surface area contributed by atoms with E-state index in [9.17, 15) is 9.59 Å². The highest BCUT2D eigenvalue weighted by molar-refractivity contribution is 5.92. The molecule has 7 heteroatoms. The predicted octanol–water partition coefficient (Wildman–Crippen LogP) is 4.13. The zero-order chi connectivity index (χ0) is 24.0. The van der Waals surface area contributed by atoms with Gasteiger partial charge in [0, 0.05) is 61.6 Å². The van der Waals surface area contributed by atoms with E-state index in [2.05, 4.69) is 39.4 Å². The molecule has 0 unspecified atom stereocenters. The van der Waals surface area contributed by atoms with Gasteiger partial charge in [-0.3, -0.25) is 9.69 Å².